The Morgan fingerprint density at radius 2 is 2.18 bits per heavy atom. The van der Waals surface area contributed by atoms with Crippen LogP contribution in [0.15, 0.2) is 28.1 Å². The van der Waals surface area contributed by atoms with Crippen molar-refractivity contribution in [1.82, 2.24) is 14.8 Å². The van der Waals surface area contributed by atoms with Crippen LogP contribution in [0.1, 0.15) is 11.4 Å². The predicted octanol–water partition coefficient (Wildman–Crippen LogP) is 3.94. The fourth-order valence-corrected chi connectivity index (χ4v) is 3.97. The van der Waals surface area contributed by atoms with Crippen molar-refractivity contribution in [3.8, 4) is 17.0 Å². The van der Waals surface area contributed by atoms with Crippen LogP contribution in [0.2, 0.25) is 0 Å². The molecule has 0 aliphatic carbocycles. The molecule has 0 atom stereocenters. The second kappa shape index (κ2) is 8.07. The highest BCUT2D eigenvalue weighted by Crippen LogP contribution is 2.32. The Balaban J connectivity index is 1.72. The number of anilines is 1. The normalized spacial score (nSPS) is 10.7. The molecule has 9 nitrogen and oxygen atoms in total. The van der Waals surface area contributed by atoms with Gasteiger partial charge in [0, 0.05) is 10.9 Å². The summed E-state index contributed by atoms with van der Waals surface area (Å²) in [6, 6.07) is 5.58. The van der Waals surface area contributed by atoms with Gasteiger partial charge < -0.3 is 10.1 Å². The summed E-state index contributed by atoms with van der Waals surface area (Å²) >= 11 is 4.73. The molecule has 0 radical (unpaired) electrons. The number of methoxy groups -OCH3 is 1. The summed E-state index contributed by atoms with van der Waals surface area (Å²) in [6.45, 7) is 2.97. The van der Waals surface area contributed by atoms with E-state index in [0.29, 0.717) is 22.3 Å². The highest BCUT2D eigenvalue weighted by molar-refractivity contribution is 9.10. The molecule has 1 amide bonds. The lowest BCUT2D eigenvalue weighted by atomic mass is 10.2. The molecule has 2 aromatic heterocycles. The SMILES string of the molecule is COc1ccc(-c2csc(NC(=O)Cn3nc(C)c([N+](=O)[O-])c3C)n2)cc1Br. The summed E-state index contributed by atoms with van der Waals surface area (Å²) in [7, 11) is 1.59. The molecule has 0 aliphatic rings. The van der Waals surface area contributed by atoms with Gasteiger partial charge in [0.25, 0.3) is 0 Å². The van der Waals surface area contributed by atoms with Crippen molar-refractivity contribution in [3.05, 3.63) is 49.6 Å². The Morgan fingerprint density at radius 1 is 1.43 bits per heavy atom. The van der Waals surface area contributed by atoms with E-state index < -0.39 is 4.92 Å². The van der Waals surface area contributed by atoms with Gasteiger partial charge in [-0.25, -0.2) is 4.98 Å². The number of hydrogen-bond acceptors (Lipinski definition) is 7. The van der Waals surface area contributed by atoms with Gasteiger partial charge in [-0.1, -0.05) is 0 Å². The maximum Gasteiger partial charge on any atom is 0.312 e. The molecular weight excluding hydrogens is 450 g/mol. The third kappa shape index (κ3) is 4.04. The number of benzene rings is 1. The number of carbonyl (C=O) groups is 1. The van der Waals surface area contributed by atoms with Gasteiger partial charge in [-0.3, -0.25) is 19.6 Å². The molecule has 0 unspecified atom stereocenters. The number of hydrogen-bond donors (Lipinski definition) is 1. The van der Waals surface area contributed by atoms with E-state index in [4.69, 9.17) is 4.74 Å². The third-order valence-corrected chi connectivity index (χ3v) is 5.39. The number of amides is 1. The molecule has 2 heterocycles. The number of aryl methyl sites for hydroxylation is 1. The summed E-state index contributed by atoms with van der Waals surface area (Å²) in [4.78, 5) is 27.3. The molecule has 146 valence electrons. The van der Waals surface area contributed by atoms with E-state index >= 15 is 0 Å². The highest BCUT2D eigenvalue weighted by Gasteiger charge is 2.23. The number of halogens is 1. The largest absolute Gasteiger partial charge is 0.496 e. The minimum Gasteiger partial charge on any atom is -0.496 e. The zero-order chi connectivity index (χ0) is 20.4. The molecule has 3 aromatic rings. The Morgan fingerprint density at radius 3 is 2.79 bits per heavy atom. The molecule has 0 aliphatic heterocycles. The molecule has 0 saturated heterocycles. The number of thiazole rings is 1. The fraction of sp³-hybridized carbons (Fsp3) is 0.235. The standard InChI is InChI=1S/C17H16BrN5O4S/c1-9-16(23(25)26)10(2)22(21-9)7-15(24)20-17-19-13(8-28-17)11-4-5-14(27-3)12(18)6-11/h4-6,8H,7H2,1-3H3,(H,19,20,24). The molecule has 11 heteroatoms. The Labute approximate surface area is 172 Å². The zero-order valence-corrected chi connectivity index (χ0v) is 17.6. The first-order chi connectivity index (χ1) is 13.3. The number of rotatable bonds is 6. The lowest BCUT2D eigenvalue weighted by Crippen LogP contribution is -2.20. The van der Waals surface area contributed by atoms with Crippen LogP contribution in [-0.4, -0.2) is 32.7 Å². The Hall–Kier alpha value is -2.79. The van der Waals surface area contributed by atoms with E-state index in [-0.39, 0.29) is 23.8 Å². The molecule has 3 rings (SSSR count). The monoisotopic (exact) mass is 465 g/mol. The summed E-state index contributed by atoms with van der Waals surface area (Å²) in [5.74, 6) is 0.351. The number of nitro groups is 1. The minimum atomic E-state index is -0.494. The average molecular weight is 466 g/mol. The van der Waals surface area contributed by atoms with Crippen molar-refractivity contribution in [2.75, 3.05) is 12.4 Å². The van der Waals surface area contributed by atoms with E-state index in [1.54, 1.807) is 21.0 Å². The van der Waals surface area contributed by atoms with Crippen LogP contribution in [0.3, 0.4) is 0 Å². The number of nitrogens with zero attached hydrogens (tertiary/aromatic N) is 4. The summed E-state index contributed by atoms with van der Waals surface area (Å²) in [6.07, 6.45) is 0. The first-order valence-corrected chi connectivity index (χ1v) is 9.75. The summed E-state index contributed by atoms with van der Waals surface area (Å²) in [5.41, 5.74) is 2.12. The third-order valence-electron chi connectivity index (χ3n) is 4.02. The molecule has 28 heavy (non-hydrogen) atoms. The van der Waals surface area contributed by atoms with Crippen molar-refractivity contribution in [3.63, 3.8) is 0 Å². The smallest absolute Gasteiger partial charge is 0.312 e. The van der Waals surface area contributed by atoms with Gasteiger partial charge in [0.05, 0.1) is 22.2 Å². The topological polar surface area (TPSA) is 112 Å². The lowest BCUT2D eigenvalue weighted by Gasteiger charge is -2.05. The molecule has 1 aromatic carbocycles. The van der Waals surface area contributed by atoms with Crippen LogP contribution in [-0.2, 0) is 11.3 Å². The zero-order valence-electron chi connectivity index (χ0n) is 15.2. The summed E-state index contributed by atoms with van der Waals surface area (Å²) in [5, 5.41) is 20.1. The lowest BCUT2D eigenvalue weighted by molar-refractivity contribution is -0.386. The van der Waals surface area contributed by atoms with Gasteiger partial charge in [-0.2, -0.15) is 5.10 Å². The van der Waals surface area contributed by atoms with Crippen molar-refractivity contribution >= 4 is 44.0 Å². The van der Waals surface area contributed by atoms with Crippen molar-refractivity contribution in [1.29, 1.82) is 0 Å². The van der Waals surface area contributed by atoms with E-state index in [1.165, 1.54) is 16.0 Å². The number of carbonyl (C=O) groups excluding carboxylic acids is 1. The minimum absolute atomic E-state index is 0.0746. The van der Waals surface area contributed by atoms with Gasteiger partial charge in [0.15, 0.2) is 5.13 Å². The summed E-state index contributed by atoms with van der Waals surface area (Å²) < 4.78 is 7.33. The van der Waals surface area contributed by atoms with E-state index in [9.17, 15) is 14.9 Å². The first kappa shape index (κ1) is 20.0. The molecule has 1 N–H and O–H groups in total. The van der Waals surface area contributed by atoms with Gasteiger partial charge >= 0.3 is 5.69 Å². The fourth-order valence-electron chi connectivity index (χ4n) is 2.69. The van der Waals surface area contributed by atoms with Crippen LogP contribution in [0, 0.1) is 24.0 Å². The van der Waals surface area contributed by atoms with Gasteiger partial charge in [-0.15, -0.1) is 11.3 Å². The Bertz CT molecular complexity index is 1060. The van der Waals surface area contributed by atoms with Gasteiger partial charge in [0.2, 0.25) is 5.91 Å². The first-order valence-electron chi connectivity index (χ1n) is 8.07. The van der Waals surface area contributed by atoms with Crippen LogP contribution in [0.5, 0.6) is 5.75 Å². The van der Waals surface area contributed by atoms with Crippen molar-refractivity contribution in [2.45, 2.75) is 20.4 Å². The maximum absolute atomic E-state index is 12.3. The van der Waals surface area contributed by atoms with E-state index in [2.05, 4.69) is 31.3 Å². The van der Waals surface area contributed by atoms with Crippen molar-refractivity contribution in [2.24, 2.45) is 0 Å². The van der Waals surface area contributed by atoms with Crippen molar-refractivity contribution < 1.29 is 14.5 Å². The molecular formula is C17H16BrN5O4S. The van der Waals surface area contributed by atoms with Crippen LogP contribution in [0.4, 0.5) is 10.8 Å². The second-order valence-corrected chi connectivity index (χ2v) is 7.58. The van der Waals surface area contributed by atoms with Gasteiger partial charge in [0.1, 0.15) is 23.7 Å². The quantitative estimate of drug-likeness (QED) is 0.435. The predicted molar refractivity (Wildman–Crippen MR) is 109 cm³/mol. The number of ether oxygens (including phenoxy) is 1. The number of aromatic nitrogens is 3. The van der Waals surface area contributed by atoms with Crippen LogP contribution in [0.25, 0.3) is 11.3 Å². The molecule has 0 spiro atoms. The molecule has 0 bridgehead atoms. The maximum atomic E-state index is 12.3. The van der Waals surface area contributed by atoms with Crippen LogP contribution < -0.4 is 10.1 Å². The van der Waals surface area contributed by atoms with E-state index in [0.717, 1.165) is 10.0 Å². The second-order valence-electron chi connectivity index (χ2n) is 5.87. The van der Waals surface area contributed by atoms with Gasteiger partial charge in [-0.05, 0) is 48.0 Å². The van der Waals surface area contributed by atoms with E-state index in [1.807, 2.05) is 23.6 Å². The van der Waals surface area contributed by atoms with Crippen LogP contribution >= 0.6 is 27.3 Å². The Kier molecular flexibility index (Phi) is 5.75. The average Bonchev–Trinajstić information content (AvgIpc) is 3.19. The highest BCUT2D eigenvalue weighted by atomic mass is 79.9. The molecule has 0 saturated carbocycles. The number of nitrogens with one attached hydrogen (secondary N) is 1. The molecule has 0 fully saturated rings.